The fourth-order valence-electron chi connectivity index (χ4n) is 3.89. The zero-order chi connectivity index (χ0) is 17.6. The second kappa shape index (κ2) is 6.29. The van der Waals surface area contributed by atoms with Crippen LogP contribution in [0, 0.1) is 6.92 Å². The van der Waals surface area contributed by atoms with Gasteiger partial charge in [-0.05, 0) is 32.3 Å². The highest BCUT2D eigenvalue weighted by atomic mass is 16.2. The fourth-order valence-corrected chi connectivity index (χ4v) is 3.89. The summed E-state index contributed by atoms with van der Waals surface area (Å²) >= 11 is 0. The van der Waals surface area contributed by atoms with E-state index in [-0.39, 0.29) is 18.0 Å². The Balaban J connectivity index is 1.59. The molecule has 2 fully saturated rings. The molecule has 1 aliphatic carbocycles. The van der Waals surface area contributed by atoms with Gasteiger partial charge < -0.3 is 10.2 Å². The van der Waals surface area contributed by atoms with Crippen molar-refractivity contribution in [1.29, 1.82) is 0 Å². The number of aromatic nitrogens is 4. The minimum atomic E-state index is 0.0539. The maximum Gasteiger partial charge on any atom is 0.223 e. The van der Waals surface area contributed by atoms with E-state index in [1.165, 1.54) is 11.3 Å². The minimum absolute atomic E-state index is 0.0539. The summed E-state index contributed by atoms with van der Waals surface area (Å²) in [5.41, 5.74) is 3.50. The van der Waals surface area contributed by atoms with E-state index in [0.717, 1.165) is 31.5 Å². The number of hydrogen-bond acceptors (Lipinski definition) is 4. The first-order valence-corrected chi connectivity index (χ1v) is 9.06. The summed E-state index contributed by atoms with van der Waals surface area (Å²) in [6.07, 6.45) is 7.46. The Labute approximate surface area is 148 Å². The molecule has 2 aromatic rings. The zero-order valence-electron chi connectivity index (χ0n) is 15.1. The Bertz CT molecular complexity index is 774. The number of carbonyl (C=O) groups excluding carboxylic acids is 1. The van der Waals surface area contributed by atoms with Crippen LogP contribution in [0.1, 0.15) is 48.7 Å². The predicted octanol–water partition coefficient (Wildman–Crippen LogP) is 1.45. The molecule has 0 unspecified atom stereocenters. The average molecular weight is 342 g/mol. The maximum absolute atomic E-state index is 12.6. The summed E-state index contributed by atoms with van der Waals surface area (Å²) in [4.78, 5) is 14.7. The van der Waals surface area contributed by atoms with Crippen molar-refractivity contribution in [2.45, 2.75) is 57.3 Å². The summed E-state index contributed by atoms with van der Waals surface area (Å²) in [5, 5.41) is 12.4. The van der Waals surface area contributed by atoms with Gasteiger partial charge in [-0.2, -0.15) is 10.2 Å². The molecule has 134 valence electrons. The Morgan fingerprint density at radius 3 is 2.60 bits per heavy atom. The van der Waals surface area contributed by atoms with E-state index in [2.05, 4.69) is 27.3 Å². The van der Waals surface area contributed by atoms with Gasteiger partial charge in [-0.25, -0.2) is 0 Å². The first kappa shape index (κ1) is 16.3. The SMILES string of the molecule is Cc1c(CN[C@@H]2CCC(=O)N(C3CC3)[C@H]2c2ccnn2C)cnn1C. The topological polar surface area (TPSA) is 68.0 Å². The smallest absolute Gasteiger partial charge is 0.223 e. The lowest BCUT2D eigenvalue weighted by Gasteiger charge is -2.42. The van der Waals surface area contributed by atoms with Crippen molar-refractivity contribution >= 4 is 5.91 Å². The Morgan fingerprint density at radius 1 is 1.20 bits per heavy atom. The van der Waals surface area contributed by atoms with Gasteiger partial charge in [-0.1, -0.05) is 0 Å². The molecule has 2 atom stereocenters. The van der Waals surface area contributed by atoms with Crippen molar-refractivity contribution in [3.05, 3.63) is 35.4 Å². The normalized spacial score (nSPS) is 24.1. The van der Waals surface area contributed by atoms with Gasteiger partial charge in [0.05, 0.1) is 17.9 Å². The standard InChI is InChI=1S/C18H26N6O/c1-12-13(11-21-22(12)2)10-19-15-6-7-17(25)24(14-4-5-14)18(15)16-8-9-20-23(16)3/h8-9,11,14-15,18-19H,4-7,10H2,1-3H3/t15-,18-/m1/s1. The van der Waals surface area contributed by atoms with Gasteiger partial charge >= 0.3 is 0 Å². The first-order chi connectivity index (χ1) is 12.1. The molecule has 0 radical (unpaired) electrons. The third kappa shape index (κ3) is 2.97. The van der Waals surface area contributed by atoms with Crippen LogP contribution >= 0.6 is 0 Å². The molecule has 0 spiro atoms. The van der Waals surface area contributed by atoms with E-state index in [1.807, 2.05) is 41.9 Å². The number of aryl methyl sites for hydroxylation is 2. The monoisotopic (exact) mass is 342 g/mol. The second-order valence-electron chi connectivity index (χ2n) is 7.26. The second-order valence-corrected chi connectivity index (χ2v) is 7.26. The van der Waals surface area contributed by atoms with Gasteiger partial charge in [0, 0.05) is 56.6 Å². The molecule has 1 saturated heterocycles. The molecule has 3 heterocycles. The molecule has 1 saturated carbocycles. The van der Waals surface area contributed by atoms with Crippen molar-refractivity contribution in [2.24, 2.45) is 14.1 Å². The van der Waals surface area contributed by atoms with E-state index >= 15 is 0 Å². The maximum atomic E-state index is 12.6. The van der Waals surface area contributed by atoms with Crippen LogP contribution in [0.15, 0.2) is 18.5 Å². The third-order valence-electron chi connectivity index (χ3n) is 5.63. The Kier molecular flexibility index (Phi) is 4.11. The van der Waals surface area contributed by atoms with Gasteiger partial charge in [0.25, 0.3) is 0 Å². The molecule has 1 amide bonds. The van der Waals surface area contributed by atoms with Crippen LogP contribution in [0.4, 0.5) is 0 Å². The molecule has 0 aromatic carbocycles. The minimum Gasteiger partial charge on any atom is -0.330 e. The molecule has 0 bridgehead atoms. The van der Waals surface area contributed by atoms with Crippen molar-refractivity contribution < 1.29 is 4.79 Å². The van der Waals surface area contributed by atoms with Crippen LogP contribution in [-0.2, 0) is 25.4 Å². The number of amides is 1. The molecule has 7 nitrogen and oxygen atoms in total. The highest BCUT2D eigenvalue weighted by Gasteiger charge is 2.45. The number of hydrogen-bond donors (Lipinski definition) is 1. The van der Waals surface area contributed by atoms with Gasteiger partial charge in [0.2, 0.25) is 5.91 Å². The van der Waals surface area contributed by atoms with Gasteiger partial charge in [-0.15, -0.1) is 0 Å². The fraction of sp³-hybridized carbons (Fsp3) is 0.611. The lowest BCUT2D eigenvalue weighted by molar-refractivity contribution is -0.138. The molecule has 2 aliphatic rings. The molecule has 2 aromatic heterocycles. The van der Waals surface area contributed by atoms with E-state index < -0.39 is 0 Å². The van der Waals surface area contributed by atoms with Crippen LogP contribution in [0.3, 0.4) is 0 Å². The van der Waals surface area contributed by atoms with Crippen LogP contribution in [0.5, 0.6) is 0 Å². The van der Waals surface area contributed by atoms with Crippen molar-refractivity contribution in [1.82, 2.24) is 29.8 Å². The summed E-state index contributed by atoms with van der Waals surface area (Å²) in [5.74, 6) is 0.282. The lowest BCUT2D eigenvalue weighted by atomic mass is 9.92. The molecule has 1 N–H and O–H groups in total. The predicted molar refractivity (Wildman–Crippen MR) is 93.6 cm³/mol. The van der Waals surface area contributed by atoms with Gasteiger partial charge in [0.1, 0.15) is 0 Å². The number of nitrogens with one attached hydrogen (secondary N) is 1. The number of carbonyl (C=O) groups is 1. The molecular weight excluding hydrogens is 316 g/mol. The van der Waals surface area contributed by atoms with Crippen molar-refractivity contribution in [2.75, 3.05) is 0 Å². The largest absolute Gasteiger partial charge is 0.330 e. The highest BCUT2D eigenvalue weighted by molar-refractivity contribution is 5.78. The lowest BCUT2D eigenvalue weighted by Crippen LogP contribution is -2.52. The number of likely N-dealkylation sites (tertiary alicyclic amines) is 1. The van der Waals surface area contributed by atoms with Gasteiger partial charge in [-0.3, -0.25) is 14.2 Å². The molecule has 4 rings (SSSR count). The van der Waals surface area contributed by atoms with Crippen LogP contribution in [0.2, 0.25) is 0 Å². The summed E-state index contributed by atoms with van der Waals surface area (Å²) in [6.45, 7) is 2.86. The Morgan fingerprint density at radius 2 is 2.00 bits per heavy atom. The quantitative estimate of drug-likeness (QED) is 0.893. The van der Waals surface area contributed by atoms with E-state index in [0.29, 0.717) is 12.5 Å². The number of piperidine rings is 1. The Hall–Kier alpha value is -2.15. The molecular formula is C18H26N6O. The summed E-state index contributed by atoms with van der Waals surface area (Å²) in [6, 6.07) is 2.73. The summed E-state index contributed by atoms with van der Waals surface area (Å²) < 4.78 is 3.80. The molecule has 25 heavy (non-hydrogen) atoms. The molecule has 7 heteroatoms. The third-order valence-corrected chi connectivity index (χ3v) is 5.63. The van der Waals surface area contributed by atoms with E-state index in [9.17, 15) is 4.79 Å². The van der Waals surface area contributed by atoms with Crippen LogP contribution < -0.4 is 5.32 Å². The average Bonchev–Trinajstić information content (AvgIpc) is 3.27. The van der Waals surface area contributed by atoms with Crippen molar-refractivity contribution in [3.8, 4) is 0 Å². The van der Waals surface area contributed by atoms with Crippen LogP contribution in [0.25, 0.3) is 0 Å². The summed E-state index contributed by atoms with van der Waals surface area (Å²) in [7, 11) is 3.92. The van der Waals surface area contributed by atoms with Crippen LogP contribution in [-0.4, -0.2) is 42.5 Å². The zero-order valence-corrected chi connectivity index (χ0v) is 15.1. The van der Waals surface area contributed by atoms with Gasteiger partial charge in [0.15, 0.2) is 0 Å². The van der Waals surface area contributed by atoms with Crippen molar-refractivity contribution in [3.63, 3.8) is 0 Å². The highest BCUT2D eigenvalue weighted by Crippen LogP contribution is 2.40. The number of nitrogens with zero attached hydrogens (tertiary/aromatic N) is 5. The van der Waals surface area contributed by atoms with E-state index in [1.54, 1.807) is 0 Å². The number of rotatable bonds is 5. The first-order valence-electron chi connectivity index (χ1n) is 9.06. The molecule has 1 aliphatic heterocycles. The van der Waals surface area contributed by atoms with E-state index in [4.69, 9.17) is 0 Å².